The second kappa shape index (κ2) is 8.91. The lowest BCUT2D eigenvalue weighted by Crippen LogP contribution is -2.17. The van der Waals surface area contributed by atoms with Gasteiger partial charge in [0.2, 0.25) is 17.7 Å². The monoisotopic (exact) mass is 300 g/mol. The zero-order valence-corrected chi connectivity index (χ0v) is 12.2. The van der Waals surface area contributed by atoms with E-state index < -0.39 is 34.8 Å². The Kier molecular flexibility index (Phi) is 8.00. The highest BCUT2D eigenvalue weighted by Gasteiger charge is 2.23. The van der Waals surface area contributed by atoms with Crippen LogP contribution in [0.5, 0.6) is 0 Å². The number of nitrogens with zero attached hydrogens (tertiary/aromatic N) is 1. The molecule has 0 amide bonds. The number of nitrogens with two attached hydrogens (primary N) is 1. The summed E-state index contributed by atoms with van der Waals surface area (Å²) in [6.45, 7) is 8.83. The van der Waals surface area contributed by atoms with Crippen LogP contribution in [0.15, 0.2) is 18.2 Å². The van der Waals surface area contributed by atoms with Crippen molar-refractivity contribution >= 4 is 11.8 Å². The number of Topliss-reactive ketones (excluding diaryl/α,β-unsaturated/α-hetero) is 1. The number of pyridine rings is 1. The minimum Gasteiger partial charge on any atom is -0.462 e. The third-order valence-corrected chi connectivity index (χ3v) is 2.15. The average molecular weight is 300 g/mol. The predicted octanol–water partition coefficient (Wildman–Crippen LogP) is 1.94. The molecule has 5 nitrogen and oxygen atoms in total. The standard InChI is InChI=1S/C12H11F2NO3.C2H7N/c1-4-18-12(17)7(3)9(16)8-5-6(2)10(13)15-11(8)14;1-2-3/h5H,3-4H2,1-2H3;2-3H2,1H3. The first-order valence-electron chi connectivity index (χ1n) is 6.23. The Balaban J connectivity index is 0.00000122. The van der Waals surface area contributed by atoms with E-state index in [0.29, 0.717) is 0 Å². The van der Waals surface area contributed by atoms with E-state index in [1.807, 2.05) is 6.92 Å². The molecular weight excluding hydrogens is 282 g/mol. The van der Waals surface area contributed by atoms with Crippen LogP contribution in [0.4, 0.5) is 8.78 Å². The maximum Gasteiger partial charge on any atom is 0.341 e. The number of rotatable bonds is 4. The summed E-state index contributed by atoms with van der Waals surface area (Å²) in [5.74, 6) is -4.20. The SMILES string of the molecule is C=C(C(=O)OCC)C(=O)c1cc(C)c(F)nc1F.CCN. The van der Waals surface area contributed by atoms with Crippen molar-refractivity contribution in [3.63, 3.8) is 0 Å². The van der Waals surface area contributed by atoms with Crippen LogP contribution in [0.3, 0.4) is 0 Å². The lowest BCUT2D eigenvalue weighted by molar-refractivity contribution is -0.138. The number of carbonyl (C=O) groups is 2. The second-order valence-electron chi connectivity index (χ2n) is 3.87. The number of carbonyl (C=O) groups excluding carboxylic acids is 2. The summed E-state index contributed by atoms with van der Waals surface area (Å²) in [6.07, 6.45) is 0. The molecule has 0 saturated heterocycles. The van der Waals surface area contributed by atoms with Gasteiger partial charge in [0.25, 0.3) is 0 Å². The molecule has 7 heteroatoms. The Hall–Kier alpha value is -2.15. The Morgan fingerprint density at radius 2 is 1.86 bits per heavy atom. The average Bonchev–Trinajstić information content (AvgIpc) is 2.42. The molecule has 0 atom stereocenters. The summed E-state index contributed by atoms with van der Waals surface area (Å²) in [4.78, 5) is 25.9. The molecule has 1 rings (SSSR count). The zero-order valence-electron chi connectivity index (χ0n) is 12.2. The number of aryl methyl sites for hydroxylation is 1. The fraction of sp³-hybridized carbons (Fsp3) is 0.357. The molecule has 0 aromatic carbocycles. The first-order chi connectivity index (χ1) is 9.79. The minimum atomic E-state index is -1.28. The van der Waals surface area contributed by atoms with Gasteiger partial charge in [-0.2, -0.15) is 13.8 Å². The molecule has 116 valence electrons. The van der Waals surface area contributed by atoms with Crippen LogP contribution in [-0.4, -0.2) is 29.9 Å². The third kappa shape index (κ3) is 5.39. The van der Waals surface area contributed by atoms with Crippen LogP contribution in [0.1, 0.15) is 29.8 Å². The van der Waals surface area contributed by atoms with Crippen LogP contribution >= 0.6 is 0 Å². The predicted molar refractivity (Wildman–Crippen MR) is 73.7 cm³/mol. The zero-order chi connectivity index (χ0) is 16.6. The van der Waals surface area contributed by atoms with Gasteiger partial charge in [-0.15, -0.1) is 0 Å². The van der Waals surface area contributed by atoms with Crippen LogP contribution in [0.2, 0.25) is 0 Å². The maximum absolute atomic E-state index is 13.3. The van der Waals surface area contributed by atoms with Gasteiger partial charge >= 0.3 is 5.97 Å². The number of aromatic nitrogens is 1. The van der Waals surface area contributed by atoms with Gasteiger partial charge in [-0.3, -0.25) is 4.79 Å². The number of hydrogen-bond acceptors (Lipinski definition) is 5. The van der Waals surface area contributed by atoms with Gasteiger partial charge in [0.15, 0.2) is 0 Å². The van der Waals surface area contributed by atoms with Gasteiger partial charge in [-0.05, 0) is 26.5 Å². The highest BCUT2D eigenvalue weighted by atomic mass is 19.1. The Bertz CT molecular complexity index is 545. The third-order valence-electron chi connectivity index (χ3n) is 2.15. The first-order valence-corrected chi connectivity index (χ1v) is 6.23. The topological polar surface area (TPSA) is 82.3 Å². The molecule has 0 bridgehead atoms. The summed E-state index contributed by atoms with van der Waals surface area (Å²) in [5, 5.41) is 0. The molecule has 0 aliphatic rings. The van der Waals surface area contributed by atoms with Crippen molar-refractivity contribution < 1.29 is 23.1 Å². The summed E-state index contributed by atoms with van der Waals surface area (Å²) < 4.78 is 30.8. The summed E-state index contributed by atoms with van der Waals surface area (Å²) in [5.41, 5.74) is 3.81. The largest absolute Gasteiger partial charge is 0.462 e. The molecule has 0 radical (unpaired) electrons. The van der Waals surface area contributed by atoms with E-state index in [1.165, 1.54) is 6.92 Å². The number of halogens is 2. The van der Waals surface area contributed by atoms with Crippen LogP contribution < -0.4 is 5.73 Å². The molecule has 21 heavy (non-hydrogen) atoms. The smallest absolute Gasteiger partial charge is 0.341 e. The molecule has 2 N–H and O–H groups in total. The van der Waals surface area contributed by atoms with Crippen molar-refractivity contribution in [3.8, 4) is 0 Å². The van der Waals surface area contributed by atoms with Crippen molar-refractivity contribution in [2.24, 2.45) is 5.73 Å². The van der Waals surface area contributed by atoms with Crippen LogP contribution in [-0.2, 0) is 9.53 Å². The Morgan fingerprint density at radius 3 is 2.33 bits per heavy atom. The quantitative estimate of drug-likeness (QED) is 0.229. The lowest BCUT2D eigenvalue weighted by Gasteiger charge is -2.06. The highest BCUT2D eigenvalue weighted by Crippen LogP contribution is 2.15. The minimum absolute atomic E-state index is 0.00333. The summed E-state index contributed by atoms with van der Waals surface area (Å²) >= 11 is 0. The van der Waals surface area contributed by atoms with Crippen LogP contribution in [0.25, 0.3) is 0 Å². The normalized spacial score (nSPS) is 9.43. The van der Waals surface area contributed by atoms with Gasteiger partial charge in [-0.1, -0.05) is 13.5 Å². The molecule has 0 aliphatic carbocycles. The first kappa shape index (κ1) is 18.9. The van der Waals surface area contributed by atoms with E-state index in [-0.39, 0.29) is 12.2 Å². The van der Waals surface area contributed by atoms with E-state index >= 15 is 0 Å². The van der Waals surface area contributed by atoms with E-state index in [9.17, 15) is 18.4 Å². The number of ketones is 1. The molecular formula is C14H18F2N2O3. The molecule has 1 aromatic rings. The summed E-state index contributed by atoms with van der Waals surface area (Å²) in [6, 6.07) is 0.977. The summed E-state index contributed by atoms with van der Waals surface area (Å²) in [7, 11) is 0. The van der Waals surface area contributed by atoms with E-state index in [0.717, 1.165) is 12.6 Å². The molecule has 0 unspecified atom stereocenters. The molecule has 0 saturated carbocycles. The van der Waals surface area contributed by atoms with Gasteiger partial charge in [0, 0.05) is 5.56 Å². The van der Waals surface area contributed by atoms with Crippen molar-refractivity contribution in [2.75, 3.05) is 13.2 Å². The number of esters is 1. The number of ether oxygens (including phenoxy) is 1. The highest BCUT2D eigenvalue weighted by molar-refractivity contribution is 6.23. The molecule has 1 aromatic heterocycles. The second-order valence-corrected chi connectivity index (χ2v) is 3.87. The molecule has 1 heterocycles. The van der Waals surface area contributed by atoms with Crippen molar-refractivity contribution in [1.29, 1.82) is 0 Å². The van der Waals surface area contributed by atoms with Gasteiger partial charge in [-0.25, -0.2) is 4.79 Å². The molecule has 0 spiro atoms. The van der Waals surface area contributed by atoms with Crippen molar-refractivity contribution in [2.45, 2.75) is 20.8 Å². The Morgan fingerprint density at radius 1 is 1.33 bits per heavy atom. The maximum atomic E-state index is 13.3. The van der Waals surface area contributed by atoms with Gasteiger partial charge in [0.1, 0.15) is 5.57 Å². The fourth-order valence-corrected chi connectivity index (χ4v) is 1.20. The van der Waals surface area contributed by atoms with Crippen molar-refractivity contribution in [1.82, 2.24) is 4.98 Å². The lowest BCUT2D eigenvalue weighted by atomic mass is 10.1. The molecule has 0 fully saturated rings. The fourth-order valence-electron chi connectivity index (χ4n) is 1.20. The van der Waals surface area contributed by atoms with Crippen molar-refractivity contribution in [3.05, 3.63) is 41.2 Å². The van der Waals surface area contributed by atoms with Gasteiger partial charge < -0.3 is 10.5 Å². The Labute approximate surface area is 121 Å². The van der Waals surface area contributed by atoms with E-state index in [1.54, 1.807) is 6.92 Å². The van der Waals surface area contributed by atoms with Crippen LogP contribution in [0, 0.1) is 18.8 Å². The number of hydrogen-bond donors (Lipinski definition) is 1. The molecule has 0 aliphatic heterocycles. The van der Waals surface area contributed by atoms with E-state index in [2.05, 4.69) is 16.3 Å². The van der Waals surface area contributed by atoms with Gasteiger partial charge in [0.05, 0.1) is 12.2 Å². The van der Waals surface area contributed by atoms with E-state index in [4.69, 9.17) is 5.73 Å².